The van der Waals surface area contributed by atoms with Gasteiger partial charge in [0.15, 0.2) is 0 Å². The molecule has 0 fully saturated rings. The Balaban J connectivity index is 0.00000196. The van der Waals surface area contributed by atoms with Gasteiger partial charge in [0.1, 0.15) is 13.6 Å². The van der Waals surface area contributed by atoms with Crippen LogP contribution in [0.5, 0.6) is 5.75 Å². The number of phosphoric ester groups is 1. The molecule has 0 amide bonds. The van der Waals surface area contributed by atoms with Crippen molar-refractivity contribution in [2.45, 2.75) is 0 Å². The summed E-state index contributed by atoms with van der Waals surface area (Å²) in [5.41, 5.74) is 1.66. The van der Waals surface area contributed by atoms with E-state index in [1.54, 1.807) is 78.9 Å². The van der Waals surface area contributed by atoms with Crippen LogP contribution in [0.15, 0.2) is 96.9 Å². The molecule has 0 unspecified atom stereocenters. The van der Waals surface area contributed by atoms with Gasteiger partial charge in [-0.1, -0.05) is 78.9 Å². The maximum atomic E-state index is 11.3. The van der Waals surface area contributed by atoms with Gasteiger partial charge in [0.05, 0.1) is 5.57 Å². The Labute approximate surface area is 208 Å². The van der Waals surface area contributed by atoms with Crippen LogP contribution >= 0.6 is 7.82 Å². The minimum atomic E-state index is -5.34. The average Bonchev–Trinajstić information content (AvgIpc) is 2.63. The number of benzene rings is 3. The summed E-state index contributed by atoms with van der Waals surface area (Å²) in [4.78, 5) is 22.7. The van der Waals surface area contributed by atoms with E-state index in [2.05, 4.69) is 0 Å². The topological polar surface area (TPSA) is 81.7 Å². The first kappa shape index (κ1) is 25.2. The molecule has 0 N–H and O–H groups in total. The zero-order valence-electron chi connectivity index (χ0n) is 15.6. The first-order valence-electron chi connectivity index (χ1n) is 7.82. The molecule has 3 aromatic rings. The van der Waals surface area contributed by atoms with E-state index in [0.717, 1.165) is 0 Å². The number of para-hydroxylation sites is 1. The molecule has 0 radical (unpaired) electrons. The summed E-state index contributed by atoms with van der Waals surface area (Å²) in [7, 11) is -5.34. The van der Waals surface area contributed by atoms with E-state index in [-0.39, 0.29) is 65.1 Å². The fraction of sp³-hybridized carbons (Fsp3) is 0. The van der Waals surface area contributed by atoms with Crippen molar-refractivity contribution in [3.63, 3.8) is 0 Å². The Morgan fingerprint density at radius 1 is 0.679 bits per heavy atom. The van der Waals surface area contributed by atoms with Gasteiger partial charge in [-0.3, -0.25) is 0 Å². The molecule has 0 aromatic heterocycles. The molecule has 0 heterocycles. The van der Waals surface area contributed by atoms with Gasteiger partial charge in [0.25, 0.3) is 5.95 Å². The molecule has 28 heavy (non-hydrogen) atoms. The summed E-state index contributed by atoms with van der Waals surface area (Å²) in [5.74, 6) is -0.0396. The zero-order chi connectivity index (χ0) is 18.4. The summed E-state index contributed by atoms with van der Waals surface area (Å²) in [6.45, 7) is 0. The van der Waals surface area contributed by atoms with Crippen molar-refractivity contribution in [3.8, 4) is 5.75 Å². The molecule has 0 aliphatic rings. The minimum Gasteiger partial charge on any atom is -0.780 e. The van der Waals surface area contributed by atoms with Crippen LogP contribution < -0.4 is 73.6 Å². The van der Waals surface area contributed by atoms with Crippen molar-refractivity contribution >= 4 is 13.4 Å². The summed E-state index contributed by atoms with van der Waals surface area (Å²) < 4.78 is 21.7. The van der Waals surface area contributed by atoms with Gasteiger partial charge in [0, 0.05) is 0 Å². The predicted molar refractivity (Wildman–Crippen MR) is 94.7 cm³/mol. The molecule has 0 aliphatic heterocycles. The molecule has 3 aromatic carbocycles. The Morgan fingerprint density at radius 3 is 1.46 bits per heavy atom. The third-order valence-corrected chi connectivity index (χ3v) is 3.87. The third-order valence-electron chi connectivity index (χ3n) is 3.48. The Kier molecular flexibility index (Phi) is 10.8. The first-order chi connectivity index (χ1) is 12.5. The normalized spacial score (nSPS) is 10.1. The van der Waals surface area contributed by atoms with Crippen LogP contribution in [0.1, 0.15) is 11.1 Å². The van der Waals surface area contributed by atoms with Gasteiger partial charge < -0.3 is 23.6 Å². The van der Waals surface area contributed by atoms with Crippen LogP contribution in [-0.2, 0) is 9.09 Å². The van der Waals surface area contributed by atoms with Crippen LogP contribution in [-0.4, -0.2) is 0 Å². The van der Waals surface area contributed by atoms with E-state index in [9.17, 15) is 14.4 Å². The van der Waals surface area contributed by atoms with E-state index in [1.165, 1.54) is 0 Å². The minimum absolute atomic E-state index is 0. The molecule has 8 heteroatoms. The van der Waals surface area contributed by atoms with Crippen molar-refractivity contribution in [1.82, 2.24) is 0 Å². The molecular weight excluding hydrogens is 397 g/mol. The number of hydrogen-bond donors (Lipinski definition) is 0. The molecule has 0 aliphatic carbocycles. The fourth-order valence-electron chi connectivity index (χ4n) is 2.42. The quantitative estimate of drug-likeness (QED) is 0.251. The summed E-state index contributed by atoms with van der Waals surface area (Å²) in [6, 6.07) is 26.5. The average molecular weight is 412 g/mol. The second-order valence-electron chi connectivity index (χ2n) is 5.35. The maximum Gasteiger partial charge on any atom is 1.00 e. The molecule has 0 bridgehead atoms. The van der Waals surface area contributed by atoms with Crippen LogP contribution in [0.25, 0.3) is 5.57 Å². The van der Waals surface area contributed by atoms with Gasteiger partial charge in [-0.2, -0.15) is 0 Å². The number of rotatable bonds is 6. The van der Waals surface area contributed by atoms with Gasteiger partial charge in [-0.15, -0.1) is 0 Å². The molecule has 0 saturated heterocycles. The van der Waals surface area contributed by atoms with E-state index < -0.39 is 7.82 Å². The monoisotopic (exact) mass is 412 g/mol. The van der Waals surface area contributed by atoms with Gasteiger partial charge in [0.2, 0.25) is 0 Å². The first-order valence-corrected chi connectivity index (χ1v) is 9.29. The summed E-state index contributed by atoms with van der Waals surface area (Å²) in [6.07, 6.45) is 0. The zero-order valence-corrected chi connectivity index (χ0v) is 20.5. The standard InChI is InChI=1S/C20H17O5P.2Na/c21-26(22,23)25-20(24-18-14-8-3-9-15-18)19(16-10-4-1-5-11-16)17-12-6-2-7-13-17;;/h1-15H,(H2,21,22,23);;/q;2*+1/p-2. The molecule has 0 saturated carbocycles. The second kappa shape index (κ2) is 12.0. The van der Waals surface area contributed by atoms with Crippen LogP contribution in [0.4, 0.5) is 0 Å². The predicted octanol–water partition coefficient (Wildman–Crippen LogP) is -2.66. The van der Waals surface area contributed by atoms with Crippen molar-refractivity contribution in [2.75, 3.05) is 0 Å². The van der Waals surface area contributed by atoms with Crippen molar-refractivity contribution < 1.29 is 82.7 Å². The molecule has 5 nitrogen and oxygen atoms in total. The van der Waals surface area contributed by atoms with E-state index >= 15 is 0 Å². The molecule has 132 valence electrons. The van der Waals surface area contributed by atoms with E-state index in [4.69, 9.17) is 9.26 Å². The largest absolute Gasteiger partial charge is 1.00 e. The van der Waals surface area contributed by atoms with Crippen molar-refractivity contribution in [3.05, 3.63) is 108 Å². The number of ether oxygens (including phenoxy) is 1. The molecular formula is C20H15Na2O5P. The van der Waals surface area contributed by atoms with E-state index in [1.807, 2.05) is 12.1 Å². The third kappa shape index (κ3) is 7.53. The Morgan fingerprint density at radius 2 is 1.07 bits per heavy atom. The fourth-order valence-corrected chi connectivity index (χ4v) is 2.76. The van der Waals surface area contributed by atoms with Crippen molar-refractivity contribution in [2.24, 2.45) is 0 Å². The van der Waals surface area contributed by atoms with Gasteiger partial charge >= 0.3 is 59.1 Å². The summed E-state index contributed by atoms with van der Waals surface area (Å²) >= 11 is 0. The van der Waals surface area contributed by atoms with Crippen LogP contribution in [0, 0.1) is 0 Å². The Bertz CT molecular complexity index is 887. The molecule has 3 rings (SSSR count). The Hall–Kier alpha value is -0.850. The molecule has 0 spiro atoms. The smallest absolute Gasteiger partial charge is 0.780 e. The number of phosphoric acid groups is 1. The van der Waals surface area contributed by atoms with Crippen molar-refractivity contribution in [1.29, 1.82) is 0 Å². The summed E-state index contributed by atoms with van der Waals surface area (Å²) in [5, 5.41) is 0. The van der Waals surface area contributed by atoms with Gasteiger partial charge in [-0.25, -0.2) is 0 Å². The molecule has 0 atom stereocenters. The van der Waals surface area contributed by atoms with Crippen LogP contribution in [0.2, 0.25) is 0 Å². The maximum absolute atomic E-state index is 11.3. The number of hydrogen-bond acceptors (Lipinski definition) is 5. The van der Waals surface area contributed by atoms with E-state index in [0.29, 0.717) is 22.4 Å². The SMILES string of the molecule is O=P([O-])([O-])OC(Oc1ccccc1)=C(c1ccccc1)c1ccccc1.[Na+].[Na+]. The second-order valence-corrected chi connectivity index (χ2v) is 6.43. The van der Waals surface area contributed by atoms with Gasteiger partial charge in [-0.05, 0) is 23.3 Å². The van der Waals surface area contributed by atoms with Crippen LogP contribution in [0.3, 0.4) is 0 Å².